The third-order valence-corrected chi connectivity index (χ3v) is 6.60. The number of ether oxygens (including phenoxy) is 2. The van der Waals surface area contributed by atoms with Gasteiger partial charge in [0.05, 0.1) is 5.25 Å². The van der Waals surface area contributed by atoms with Gasteiger partial charge in [0.1, 0.15) is 0 Å². The van der Waals surface area contributed by atoms with E-state index in [4.69, 9.17) is 9.47 Å². The van der Waals surface area contributed by atoms with E-state index in [9.17, 15) is 4.79 Å². The maximum atomic E-state index is 12.5. The number of rotatable bonds is 7. The molecular formula is C21H22N4O3S2. The van der Waals surface area contributed by atoms with Gasteiger partial charge in [-0.05, 0) is 50.1 Å². The lowest BCUT2D eigenvalue weighted by molar-refractivity contribution is -0.120. The van der Waals surface area contributed by atoms with Crippen LogP contribution in [-0.2, 0) is 11.3 Å². The van der Waals surface area contributed by atoms with Crippen molar-refractivity contribution in [3.63, 3.8) is 0 Å². The molecule has 1 atom stereocenters. The van der Waals surface area contributed by atoms with Crippen LogP contribution in [0, 0.1) is 13.8 Å². The van der Waals surface area contributed by atoms with Crippen molar-refractivity contribution < 1.29 is 14.3 Å². The maximum absolute atomic E-state index is 12.5. The highest BCUT2D eigenvalue weighted by molar-refractivity contribution is 8.02. The summed E-state index contributed by atoms with van der Waals surface area (Å²) in [4.78, 5) is 12.5. The number of carbonyl (C=O) groups is 1. The van der Waals surface area contributed by atoms with Crippen molar-refractivity contribution in [3.8, 4) is 11.5 Å². The molecule has 0 spiro atoms. The van der Waals surface area contributed by atoms with Crippen molar-refractivity contribution >= 4 is 39.8 Å². The summed E-state index contributed by atoms with van der Waals surface area (Å²) >= 11 is 2.83. The number of fused-ring (bicyclic) bond motifs is 1. The Morgan fingerprint density at radius 1 is 1.17 bits per heavy atom. The molecule has 2 aromatic carbocycles. The Labute approximate surface area is 183 Å². The Kier molecular flexibility index (Phi) is 6.10. The van der Waals surface area contributed by atoms with Crippen molar-refractivity contribution in [3.05, 3.63) is 53.1 Å². The van der Waals surface area contributed by atoms with Gasteiger partial charge in [0.15, 0.2) is 15.8 Å². The van der Waals surface area contributed by atoms with Gasteiger partial charge in [-0.15, -0.1) is 10.2 Å². The van der Waals surface area contributed by atoms with Gasteiger partial charge >= 0.3 is 0 Å². The first-order valence-electron chi connectivity index (χ1n) is 9.48. The van der Waals surface area contributed by atoms with Gasteiger partial charge in [-0.25, -0.2) is 0 Å². The van der Waals surface area contributed by atoms with Crippen LogP contribution in [0.25, 0.3) is 0 Å². The van der Waals surface area contributed by atoms with Gasteiger partial charge in [0.25, 0.3) is 0 Å². The summed E-state index contributed by atoms with van der Waals surface area (Å²) in [6.07, 6.45) is 0. The van der Waals surface area contributed by atoms with E-state index in [-0.39, 0.29) is 18.0 Å². The van der Waals surface area contributed by atoms with Gasteiger partial charge in [0, 0.05) is 12.2 Å². The van der Waals surface area contributed by atoms with Gasteiger partial charge in [-0.1, -0.05) is 46.9 Å². The zero-order valence-electron chi connectivity index (χ0n) is 16.9. The highest BCUT2D eigenvalue weighted by atomic mass is 32.2. The molecule has 0 bridgehead atoms. The van der Waals surface area contributed by atoms with Crippen LogP contribution in [-0.4, -0.2) is 28.1 Å². The SMILES string of the molecule is Cc1ccc(Nc2nnc(SC(C)C(=O)NCc3ccc4c(c3)OCO4)s2)c(C)c1. The molecule has 2 N–H and O–H groups in total. The minimum atomic E-state index is -0.291. The molecule has 0 saturated carbocycles. The zero-order chi connectivity index (χ0) is 21.1. The topological polar surface area (TPSA) is 85.4 Å². The molecule has 1 aliphatic rings. The Balaban J connectivity index is 1.30. The molecule has 9 heteroatoms. The number of anilines is 2. The Bertz CT molecular complexity index is 1070. The normalized spacial score (nSPS) is 13.2. The summed E-state index contributed by atoms with van der Waals surface area (Å²) in [6.45, 7) is 6.64. The molecule has 0 saturated heterocycles. The number of aryl methyl sites for hydroxylation is 2. The van der Waals surface area contributed by atoms with E-state index in [1.54, 1.807) is 0 Å². The van der Waals surface area contributed by atoms with Gasteiger partial charge in [-0.2, -0.15) is 0 Å². The largest absolute Gasteiger partial charge is 0.454 e. The van der Waals surface area contributed by atoms with Crippen molar-refractivity contribution in [2.24, 2.45) is 0 Å². The van der Waals surface area contributed by atoms with E-state index in [0.717, 1.165) is 26.9 Å². The Morgan fingerprint density at radius 3 is 2.83 bits per heavy atom. The van der Waals surface area contributed by atoms with Crippen LogP contribution in [0.3, 0.4) is 0 Å². The summed E-state index contributed by atoms with van der Waals surface area (Å²) in [7, 11) is 0. The second-order valence-electron chi connectivity index (χ2n) is 6.98. The number of aromatic nitrogens is 2. The van der Waals surface area contributed by atoms with Crippen LogP contribution in [0.5, 0.6) is 11.5 Å². The highest BCUT2D eigenvalue weighted by Crippen LogP contribution is 2.33. The Morgan fingerprint density at radius 2 is 2.00 bits per heavy atom. The Hall–Kier alpha value is -2.78. The van der Waals surface area contributed by atoms with Crippen LogP contribution in [0.4, 0.5) is 10.8 Å². The lowest BCUT2D eigenvalue weighted by atomic mass is 10.1. The van der Waals surface area contributed by atoms with Crippen LogP contribution < -0.4 is 20.1 Å². The number of carbonyl (C=O) groups excluding carboxylic acids is 1. The number of thioether (sulfide) groups is 1. The van der Waals surface area contributed by atoms with Crippen LogP contribution >= 0.6 is 23.1 Å². The lowest BCUT2D eigenvalue weighted by Crippen LogP contribution is -2.30. The molecule has 2 heterocycles. The van der Waals surface area contributed by atoms with Crippen molar-refractivity contribution in [1.29, 1.82) is 0 Å². The van der Waals surface area contributed by atoms with E-state index in [1.807, 2.05) is 31.2 Å². The second-order valence-corrected chi connectivity index (χ2v) is 9.55. The van der Waals surface area contributed by atoms with E-state index >= 15 is 0 Å². The summed E-state index contributed by atoms with van der Waals surface area (Å²) in [5.41, 5.74) is 4.33. The maximum Gasteiger partial charge on any atom is 0.233 e. The van der Waals surface area contributed by atoms with Crippen molar-refractivity contribution in [1.82, 2.24) is 15.5 Å². The quantitative estimate of drug-likeness (QED) is 0.524. The number of nitrogens with zero attached hydrogens (tertiary/aromatic N) is 2. The third-order valence-electron chi connectivity index (χ3n) is 4.58. The highest BCUT2D eigenvalue weighted by Gasteiger charge is 2.18. The standard InChI is InChI=1S/C21H22N4O3S2/c1-12-4-6-16(13(2)8-12)23-20-24-25-21(30-20)29-14(3)19(26)22-10-15-5-7-17-18(9-15)28-11-27-17/h4-9,14H,10-11H2,1-3H3,(H,22,26)(H,23,24). The zero-order valence-corrected chi connectivity index (χ0v) is 18.5. The first kappa shape index (κ1) is 20.5. The molecule has 7 nitrogen and oxygen atoms in total. The summed E-state index contributed by atoms with van der Waals surface area (Å²) in [5, 5.41) is 15.1. The predicted molar refractivity (Wildman–Crippen MR) is 119 cm³/mol. The minimum Gasteiger partial charge on any atom is -0.454 e. The molecular weight excluding hydrogens is 420 g/mol. The lowest BCUT2D eigenvalue weighted by Gasteiger charge is -2.10. The van der Waals surface area contributed by atoms with Crippen molar-refractivity contribution in [2.45, 2.75) is 36.9 Å². The van der Waals surface area contributed by atoms with E-state index in [1.165, 1.54) is 28.7 Å². The molecule has 4 rings (SSSR count). The molecule has 0 aliphatic carbocycles. The number of nitrogens with one attached hydrogen (secondary N) is 2. The minimum absolute atomic E-state index is 0.0586. The predicted octanol–water partition coefficient (Wildman–Crippen LogP) is 4.42. The second kappa shape index (κ2) is 8.93. The molecule has 3 aromatic rings. The fourth-order valence-electron chi connectivity index (χ4n) is 2.97. The fourth-order valence-corrected chi connectivity index (χ4v) is 4.90. The average Bonchev–Trinajstić information content (AvgIpc) is 3.37. The average molecular weight is 443 g/mol. The number of hydrogen-bond donors (Lipinski definition) is 2. The fraction of sp³-hybridized carbons (Fsp3) is 0.286. The van der Waals surface area contributed by atoms with Crippen LogP contribution in [0.1, 0.15) is 23.6 Å². The number of benzene rings is 2. The molecule has 1 aromatic heterocycles. The summed E-state index contributed by atoms with van der Waals surface area (Å²) < 4.78 is 11.4. The summed E-state index contributed by atoms with van der Waals surface area (Å²) in [6, 6.07) is 11.9. The summed E-state index contributed by atoms with van der Waals surface area (Å²) in [5.74, 6) is 1.38. The van der Waals surface area contributed by atoms with Gasteiger partial charge in [-0.3, -0.25) is 4.79 Å². The van der Waals surface area contributed by atoms with Crippen LogP contribution in [0.15, 0.2) is 40.7 Å². The molecule has 0 radical (unpaired) electrons. The molecule has 30 heavy (non-hydrogen) atoms. The van der Waals surface area contributed by atoms with E-state index < -0.39 is 0 Å². The van der Waals surface area contributed by atoms with Gasteiger partial charge in [0.2, 0.25) is 17.8 Å². The van der Waals surface area contributed by atoms with Gasteiger partial charge < -0.3 is 20.1 Å². The smallest absolute Gasteiger partial charge is 0.233 e. The molecule has 1 aliphatic heterocycles. The third kappa shape index (κ3) is 4.85. The van der Waals surface area contributed by atoms with Crippen molar-refractivity contribution in [2.75, 3.05) is 12.1 Å². The molecule has 0 fully saturated rings. The van der Waals surface area contributed by atoms with Crippen LogP contribution in [0.2, 0.25) is 0 Å². The first-order valence-corrected chi connectivity index (χ1v) is 11.2. The molecule has 156 valence electrons. The number of hydrogen-bond acceptors (Lipinski definition) is 8. The molecule has 1 unspecified atom stereocenters. The number of amides is 1. The first-order chi connectivity index (χ1) is 14.5. The molecule has 1 amide bonds. The van der Waals surface area contributed by atoms with E-state index in [2.05, 4.69) is 46.8 Å². The monoisotopic (exact) mass is 442 g/mol. The van der Waals surface area contributed by atoms with E-state index in [0.29, 0.717) is 17.4 Å².